The van der Waals surface area contributed by atoms with E-state index in [0.717, 1.165) is 22.8 Å². The molecule has 128 valence electrons. The summed E-state index contributed by atoms with van der Waals surface area (Å²) in [4.78, 5) is 16.6. The van der Waals surface area contributed by atoms with Gasteiger partial charge in [-0.05, 0) is 23.8 Å². The van der Waals surface area contributed by atoms with Crippen molar-refractivity contribution in [1.82, 2.24) is 5.06 Å². The fraction of sp³-hybridized carbons (Fsp3) is 0.278. The molecule has 0 aliphatic carbocycles. The number of hydrogen-bond donors (Lipinski definition) is 1. The summed E-state index contributed by atoms with van der Waals surface area (Å²) in [5.41, 5.74) is 1.73. The molecule has 0 heterocycles. The van der Waals surface area contributed by atoms with Crippen LogP contribution in [0.25, 0.3) is 0 Å². The summed E-state index contributed by atoms with van der Waals surface area (Å²) < 4.78 is 11.1. The Labute approximate surface area is 141 Å². The number of rotatable bonds is 7. The van der Waals surface area contributed by atoms with Crippen LogP contribution in [0, 0.1) is 0 Å². The molecule has 0 saturated heterocycles. The number of urea groups is 1. The van der Waals surface area contributed by atoms with Crippen molar-refractivity contribution in [2.45, 2.75) is 6.42 Å². The number of nitrogens with zero attached hydrogens (tertiary/aromatic N) is 1. The molecule has 24 heavy (non-hydrogen) atoms. The predicted molar refractivity (Wildman–Crippen MR) is 92.4 cm³/mol. The van der Waals surface area contributed by atoms with Crippen molar-refractivity contribution in [3.05, 3.63) is 54.1 Å². The van der Waals surface area contributed by atoms with Crippen LogP contribution in [0.2, 0.25) is 0 Å². The lowest BCUT2D eigenvalue weighted by atomic mass is 10.1. The minimum Gasteiger partial charge on any atom is -0.496 e. The molecule has 1 N–H and O–H groups in total. The lowest BCUT2D eigenvalue weighted by Crippen LogP contribution is -2.30. The van der Waals surface area contributed by atoms with Gasteiger partial charge in [-0.1, -0.05) is 24.3 Å². The number of carbonyl (C=O) groups is 1. The summed E-state index contributed by atoms with van der Waals surface area (Å²) in [7, 11) is 4.61. The number of para-hydroxylation sites is 1. The van der Waals surface area contributed by atoms with E-state index in [4.69, 9.17) is 14.3 Å². The summed E-state index contributed by atoms with van der Waals surface area (Å²) in [5, 5.41) is 3.83. The van der Waals surface area contributed by atoms with Crippen LogP contribution in [0.15, 0.2) is 48.5 Å². The van der Waals surface area contributed by atoms with E-state index in [1.165, 1.54) is 14.2 Å². The number of hydrogen-bond acceptors (Lipinski definition) is 4. The number of methoxy groups -OCH3 is 1. The van der Waals surface area contributed by atoms with Gasteiger partial charge in [0.05, 0.1) is 20.8 Å². The highest BCUT2D eigenvalue weighted by molar-refractivity contribution is 5.88. The molecule has 0 unspecified atom stereocenters. The highest BCUT2D eigenvalue weighted by Crippen LogP contribution is 2.20. The van der Waals surface area contributed by atoms with Crippen LogP contribution >= 0.6 is 0 Å². The Kier molecular flexibility index (Phi) is 6.45. The summed E-state index contributed by atoms with van der Waals surface area (Å²) in [5.74, 6) is 1.53. The Morgan fingerprint density at radius 1 is 1.12 bits per heavy atom. The maximum atomic E-state index is 11.8. The molecule has 6 heteroatoms. The second kappa shape index (κ2) is 8.79. The number of anilines is 1. The fourth-order valence-electron chi connectivity index (χ4n) is 2.14. The molecule has 0 bridgehead atoms. The van der Waals surface area contributed by atoms with Crippen LogP contribution in [0.4, 0.5) is 10.5 Å². The molecular formula is C18H22N2O4. The first-order chi connectivity index (χ1) is 11.6. The van der Waals surface area contributed by atoms with Crippen LogP contribution < -0.4 is 14.8 Å². The zero-order valence-electron chi connectivity index (χ0n) is 14.1. The molecule has 2 rings (SSSR count). The molecule has 0 saturated carbocycles. The van der Waals surface area contributed by atoms with Crippen LogP contribution in [-0.2, 0) is 11.3 Å². The Hall–Kier alpha value is -2.73. The Morgan fingerprint density at radius 3 is 2.67 bits per heavy atom. The second-order valence-corrected chi connectivity index (χ2v) is 5.05. The summed E-state index contributed by atoms with van der Waals surface area (Å²) >= 11 is 0. The van der Waals surface area contributed by atoms with Crippen molar-refractivity contribution in [3.8, 4) is 11.5 Å². The summed E-state index contributed by atoms with van der Waals surface area (Å²) in [6.45, 7) is 0.510. The van der Waals surface area contributed by atoms with Crippen LogP contribution in [-0.4, -0.2) is 39.0 Å². The summed E-state index contributed by atoms with van der Waals surface area (Å²) in [6.07, 6.45) is 0.729. The quantitative estimate of drug-likeness (QED) is 0.791. The van der Waals surface area contributed by atoms with E-state index in [-0.39, 0.29) is 6.03 Å². The molecule has 0 aromatic heterocycles. The van der Waals surface area contributed by atoms with Crippen LogP contribution in [0.3, 0.4) is 0 Å². The number of hydroxylamine groups is 2. The van der Waals surface area contributed by atoms with Gasteiger partial charge in [-0.3, -0.25) is 4.84 Å². The van der Waals surface area contributed by atoms with Gasteiger partial charge in [-0.2, -0.15) is 0 Å². The molecule has 0 aliphatic rings. The first kappa shape index (κ1) is 17.6. The monoisotopic (exact) mass is 330 g/mol. The zero-order valence-corrected chi connectivity index (χ0v) is 14.1. The second-order valence-electron chi connectivity index (χ2n) is 5.05. The number of benzene rings is 2. The highest BCUT2D eigenvalue weighted by Gasteiger charge is 2.08. The summed E-state index contributed by atoms with van der Waals surface area (Å²) in [6, 6.07) is 14.7. The van der Waals surface area contributed by atoms with Gasteiger partial charge in [0.15, 0.2) is 0 Å². The van der Waals surface area contributed by atoms with Gasteiger partial charge in [0, 0.05) is 25.2 Å². The number of nitrogens with one attached hydrogen (secondary N) is 1. The molecular weight excluding hydrogens is 308 g/mol. The van der Waals surface area contributed by atoms with Gasteiger partial charge in [0.25, 0.3) is 0 Å². The molecule has 0 aliphatic heterocycles. The standard InChI is InChI=1S/C18H22N2O4/c1-20(23-3)18(21)19-15-8-6-9-16(13-15)24-12-11-14-7-4-5-10-17(14)22-2/h4-10,13H,11-12H2,1-3H3,(H,19,21). The molecule has 2 amide bonds. The minimum atomic E-state index is -0.358. The van der Waals surface area contributed by atoms with Gasteiger partial charge in [-0.25, -0.2) is 9.86 Å². The van der Waals surface area contributed by atoms with Gasteiger partial charge >= 0.3 is 6.03 Å². The lowest BCUT2D eigenvalue weighted by Gasteiger charge is -2.15. The fourth-order valence-corrected chi connectivity index (χ4v) is 2.14. The molecule has 2 aromatic carbocycles. The van der Waals surface area contributed by atoms with Gasteiger partial charge in [0.2, 0.25) is 0 Å². The van der Waals surface area contributed by atoms with E-state index in [2.05, 4.69) is 5.32 Å². The smallest absolute Gasteiger partial charge is 0.345 e. The average molecular weight is 330 g/mol. The maximum Gasteiger partial charge on any atom is 0.345 e. The third-order valence-electron chi connectivity index (χ3n) is 3.48. The van der Waals surface area contributed by atoms with E-state index in [0.29, 0.717) is 18.0 Å². The zero-order chi connectivity index (χ0) is 17.4. The molecule has 0 atom stereocenters. The lowest BCUT2D eigenvalue weighted by molar-refractivity contribution is -0.0598. The number of amides is 2. The van der Waals surface area contributed by atoms with Gasteiger partial charge < -0.3 is 14.8 Å². The normalized spacial score (nSPS) is 10.1. The third-order valence-corrected chi connectivity index (χ3v) is 3.48. The van der Waals surface area contributed by atoms with E-state index >= 15 is 0 Å². The highest BCUT2D eigenvalue weighted by atomic mass is 16.7. The van der Waals surface area contributed by atoms with Crippen molar-refractivity contribution in [1.29, 1.82) is 0 Å². The van der Waals surface area contributed by atoms with E-state index < -0.39 is 0 Å². The van der Waals surface area contributed by atoms with Crippen LogP contribution in [0.1, 0.15) is 5.56 Å². The van der Waals surface area contributed by atoms with E-state index in [9.17, 15) is 4.79 Å². The van der Waals surface area contributed by atoms with E-state index in [1.54, 1.807) is 19.2 Å². The topological polar surface area (TPSA) is 60.0 Å². The van der Waals surface area contributed by atoms with Crippen molar-refractivity contribution >= 4 is 11.7 Å². The Balaban J connectivity index is 1.91. The van der Waals surface area contributed by atoms with Crippen molar-refractivity contribution < 1.29 is 19.1 Å². The Morgan fingerprint density at radius 2 is 1.92 bits per heavy atom. The minimum absolute atomic E-state index is 0.358. The van der Waals surface area contributed by atoms with Crippen molar-refractivity contribution in [3.63, 3.8) is 0 Å². The largest absolute Gasteiger partial charge is 0.496 e. The van der Waals surface area contributed by atoms with Crippen molar-refractivity contribution in [2.24, 2.45) is 0 Å². The number of ether oxygens (including phenoxy) is 2. The molecule has 2 aromatic rings. The molecule has 0 fully saturated rings. The van der Waals surface area contributed by atoms with Crippen molar-refractivity contribution in [2.75, 3.05) is 33.2 Å². The average Bonchev–Trinajstić information content (AvgIpc) is 2.61. The predicted octanol–water partition coefficient (Wildman–Crippen LogP) is 3.34. The first-order valence-corrected chi connectivity index (χ1v) is 7.57. The molecule has 0 radical (unpaired) electrons. The van der Waals surface area contributed by atoms with E-state index in [1.807, 2.05) is 36.4 Å². The molecule has 6 nitrogen and oxygen atoms in total. The van der Waals surface area contributed by atoms with Crippen LogP contribution in [0.5, 0.6) is 11.5 Å². The van der Waals surface area contributed by atoms with Gasteiger partial charge in [-0.15, -0.1) is 0 Å². The Bertz CT molecular complexity index is 676. The maximum absolute atomic E-state index is 11.8. The first-order valence-electron chi connectivity index (χ1n) is 7.57. The number of carbonyl (C=O) groups excluding carboxylic acids is 1. The third kappa shape index (κ3) is 4.89. The van der Waals surface area contributed by atoms with Gasteiger partial charge in [0.1, 0.15) is 11.5 Å². The SMILES string of the molecule is COc1ccccc1CCOc1cccc(NC(=O)N(C)OC)c1. The molecule has 0 spiro atoms.